The summed E-state index contributed by atoms with van der Waals surface area (Å²) in [5, 5.41) is 10.2. The summed E-state index contributed by atoms with van der Waals surface area (Å²) < 4.78 is 0. The molecule has 1 aliphatic carbocycles. The maximum atomic E-state index is 10.2. The van der Waals surface area contributed by atoms with Crippen LogP contribution in [0.1, 0.15) is 29.5 Å². The molecule has 2 nitrogen and oxygen atoms in total. The minimum absolute atomic E-state index is 0.167. The van der Waals surface area contributed by atoms with Gasteiger partial charge >= 0.3 is 0 Å². The minimum Gasteiger partial charge on any atom is -0.385 e. The lowest BCUT2D eigenvalue weighted by Gasteiger charge is -2.42. The van der Waals surface area contributed by atoms with Gasteiger partial charge in [-0.2, -0.15) is 0 Å². The van der Waals surface area contributed by atoms with Gasteiger partial charge < -0.3 is 10.8 Å². The van der Waals surface area contributed by atoms with Crippen LogP contribution in [-0.4, -0.2) is 11.1 Å². The Morgan fingerprint density at radius 2 is 1.71 bits per heavy atom. The molecule has 0 saturated heterocycles. The lowest BCUT2D eigenvalue weighted by atomic mass is 9.71. The molecule has 2 heteroatoms. The average Bonchev–Trinajstić information content (AvgIpc) is 1.99. The van der Waals surface area contributed by atoms with E-state index in [2.05, 4.69) is 32.0 Å². The summed E-state index contributed by atoms with van der Waals surface area (Å²) in [6, 6.07) is 6.39. The number of nitrogens with two attached hydrogens (primary N) is 1. The number of hydrogen-bond acceptors (Lipinski definition) is 2. The summed E-state index contributed by atoms with van der Waals surface area (Å²) in [6.07, 6.45) is 1.38. The third kappa shape index (κ3) is 1.56. The Morgan fingerprint density at radius 3 is 2.14 bits per heavy atom. The van der Waals surface area contributed by atoms with Crippen molar-refractivity contribution in [2.45, 2.75) is 38.3 Å². The predicted octanol–water partition coefficient (Wildman–Crippen LogP) is 1.61. The number of rotatable bonds is 1. The van der Waals surface area contributed by atoms with Crippen LogP contribution in [-0.2, 0) is 5.60 Å². The van der Waals surface area contributed by atoms with Gasteiger partial charge in [0.25, 0.3) is 0 Å². The van der Waals surface area contributed by atoms with E-state index in [0.29, 0.717) is 12.8 Å². The highest BCUT2D eigenvalue weighted by molar-refractivity contribution is 5.34. The summed E-state index contributed by atoms with van der Waals surface area (Å²) in [5.41, 5.74) is 8.48. The normalized spacial score (nSPS) is 31.3. The molecule has 0 unspecified atom stereocenters. The van der Waals surface area contributed by atoms with Crippen molar-refractivity contribution in [2.24, 2.45) is 5.73 Å². The Morgan fingerprint density at radius 1 is 1.21 bits per heavy atom. The molecule has 1 fully saturated rings. The molecule has 0 heterocycles. The van der Waals surface area contributed by atoms with Crippen molar-refractivity contribution in [3.8, 4) is 0 Å². The van der Waals surface area contributed by atoms with Gasteiger partial charge in [-0.25, -0.2) is 0 Å². The van der Waals surface area contributed by atoms with Gasteiger partial charge in [0, 0.05) is 6.04 Å². The molecule has 0 aliphatic heterocycles. The van der Waals surface area contributed by atoms with E-state index >= 15 is 0 Å². The van der Waals surface area contributed by atoms with Crippen LogP contribution in [0.25, 0.3) is 0 Å². The van der Waals surface area contributed by atoms with Crippen molar-refractivity contribution in [3.05, 3.63) is 34.9 Å². The van der Waals surface area contributed by atoms with Crippen molar-refractivity contribution in [3.63, 3.8) is 0 Å². The molecule has 1 aromatic carbocycles. The quantitative estimate of drug-likeness (QED) is 0.708. The second kappa shape index (κ2) is 3.07. The Bertz CT molecular complexity index is 333. The Labute approximate surface area is 84.7 Å². The van der Waals surface area contributed by atoms with Gasteiger partial charge in [0.05, 0.1) is 5.60 Å². The van der Waals surface area contributed by atoms with Gasteiger partial charge in [0.15, 0.2) is 0 Å². The van der Waals surface area contributed by atoms with Crippen LogP contribution in [0.4, 0.5) is 0 Å². The molecule has 14 heavy (non-hydrogen) atoms. The van der Waals surface area contributed by atoms with Crippen molar-refractivity contribution >= 4 is 0 Å². The van der Waals surface area contributed by atoms with Crippen molar-refractivity contribution in [1.29, 1.82) is 0 Å². The van der Waals surface area contributed by atoms with Crippen molar-refractivity contribution < 1.29 is 5.11 Å². The maximum absolute atomic E-state index is 10.2. The van der Waals surface area contributed by atoms with E-state index < -0.39 is 5.60 Å². The molecule has 1 aliphatic rings. The van der Waals surface area contributed by atoms with E-state index in [4.69, 9.17) is 5.73 Å². The highest BCUT2D eigenvalue weighted by Crippen LogP contribution is 2.40. The van der Waals surface area contributed by atoms with Crippen LogP contribution in [0.3, 0.4) is 0 Å². The van der Waals surface area contributed by atoms with Gasteiger partial charge in [-0.15, -0.1) is 0 Å². The third-order valence-electron chi connectivity index (χ3n) is 2.96. The molecule has 0 spiro atoms. The fraction of sp³-hybridized carbons (Fsp3) is 0.500. The molecular formula is C12H17NO. The Hall–Kier alpha value is -0.860. The van der Waals surface area contributed by atoms with E-state index in [1.54, 1.807) is 0 Å². The van der Waals surface area contributed by atoms with E-state index in [1.807, 2.05) is 0 Å². The highest BCUT2D eigenvalue weighted by atomic mass is 16.3. The number of benzene rings is 1. The summed E-state index contributed by atoms with van der Waals surface area (Å²) in [4.78, 5) is 0. The van der Waals surface area contributed by atoms with E-state index in [0.717, 1.165) is 5.56 Å². The molecular weight excluding hydrogens is 174 g/mol. The number of hydrogen-bond donors (Lipinski definition) is 2. The molecule has 2 rings (SSSR count). The molecule has 0 bridgehead atoms. The van der Waals surface area contributed by atoms with Gasteiger partial charge in [0.1, 0.15) is 0 Å². The first kappa shape index (κ1) is 9.69. The molecule has 0 aromatic heterocycles. The molecule has 76 valence electrons. The van der Waals surface area contributed by atoms with Crippen LogP contribution in [0.5, 0.6) is 0 Å². The second-order valence-electron chi connectivity index (χ2n) is 4.58. The Kier molecular flexibility index (Phi) is 2.13. The van der Waals surface area contributed by atoms with E-state index in [9.17, 15) is 5.11 Å². The van der Waals surface area contributed by atoms with Gasteiger partial charge in [-0.05, 0) is 32.3 Å². The first-order valence-corrected chi connectivity index (χ1v) is 5.06. The summed E-state index contributed by atoms with van der Waals surface area (Å²) in [6.45, 7) is 4.11. The zero-order valence-electron chi connectivity index (χ0n) is 8.75. The molecule has 3 N–H and O–H groups in total. The monoisotopic (exact) mass is 191 g/mol. The maximum Gasteiger partial charge on any atom is 0.0926 e. The van der Waals surface area contributed by atoms with E-state index in [-0.39, 0.29) is 6.04 Å². The summed E-state index contributed by atoms with van der Waals surface area (Å²) in [5.74, 6) is 0. The smallest absolute Gasteiger partial charge is 0.0926 e. The average molecular weight is 191 g/mol. The molecule has 0 radical (unpaired) electrons. The van der Waals surface area contributed by atoms with Crippen molar-refractivity contribution in [2.75, 3.05) is 0 Å². The summed E-state index contributed by atoms with van der Waals surface area (Å²) >= 11 is 0. The second-order valence-corrected chi connectivity index (χ2v) is 4.58. The first-order valence-electron chi connectivity index (χ1n) is 5.06. The third-order valence-corrected chi connectivity index (χ3v) is 2.96. The Balaban J connectivity index is 2.32. The molecule has 0 amide bonds. The lowest BCUT2D eigenvalue weighted by molar-refractivity contribution is -0.0523. The highest BCUT2D eigenvalue weighted by Gasteiger charge is 2.42. The molecule has 1 aromatic rings. The van der Waals surface area contributed by atoms with Crippen LogP contribution in [0.15, 0.2) is 18.2 Å². The number of aryl methyl sites for hydroxylation is 2. The minimum atomic E-state index is -0.657. The first-order chi connectivity index (χ1) is 6.49. The van der Waals surface area contributed by atoms with Crippen LogP contribution in [0, 0.1) is 13.8 Å². The van der Waals surface area contributed by atoms with Gasteiger partial charge in [0.2, 0.25) is 0 Å². The SMILES string of the molecule is Cc1cc(C)cc(C2(O)CC(N)C2)c1. The fourth-order valence-corrected chi connectivity index (χ4v) is 2.29. The molecule has 0 atom stereocenters. The van der Waals surface area contributed by atoms with Crippen LogP contribution >= 0.6 is 0 Å². The van der Waals surface area contributed by atoms with Gasteiger partial charge in [-0.1, -0.05) is 29.3 Å². The largest absolute Gasteiger partial charge is 0.385 e. The lowest BCUT2D eigenvalue weighted by Crippen LogP contribution is -2.49. The van der Waals surface area contributed by atoms with E-state index in [1.165, 1.54) is 11.1 Å². The van der Waals surface area contributed by atoms with Crippen LogP contribution in [0.2, 0.25) is 0 Å². The standard InChI is InChI=1S/C12H17NO/c1-8-3-9(2)5-10(4-8)12(14)6-11(13)7-12/h3-5,11,14H,6-7,13H2,1-2H3. The zero-order valence-corrected chi connectivity index (χ0v) is 8.75. The zero-order chi connectivity index (χ0) is 10.3. The fourth-order valence-electron chi connectivity index (χ4n) is 2.29. The van der Waals surface area contributed by atoms with Crippen molar-refractivity contribution in [1.82, 2.24) is 0 Å². The molecule has 1 saturated carbocycles. The number of aliphatic hydroxyl groups is 1. The summed E-state index contributed by atoms with van der Waals surface area (Å²) in [7, 11) is 0. The van der Waals surface area contributed by atoms with Crippen LogP contribution < -0.4 is 5.73 Å². The predicted molar refractivity (Wildman–Crippen MR) is 57.0 cm³/mol. The topological polar surface area (TPSA) is 46.2 Å². The van der Waals surface area contributed by atoms with Gasteiger partial charge in [-0.3, -0.25) is 0 Å².